The zero-order valence-corrected chi connectivity index (χ0v) is 16.2. The van der Waals surface area contributed by atoms with Crippen LogP contribution in [0, 0.1) is 23.3 Å². The van der Waals surface area contributed by atoms with Crippen LogP contribution in [0.4, 0.5) is 55.3 Å². The molecular formula is C20H10F10N2O2. The van der Waals surface area contributed by atoms with E-state index in [0.29, 0.717) is 12.1 Å². The summed E-state index contributed by atoms with van der Waals surface area (Å²) in [4.78, 5) is 0. The van der Waals surface area contributed by atoms with Gasteiger partial charge in [-0.15, -0.1) is 0 Å². The monoisotopic (exact) mass is 500 g/mol. The number of hydrogen-bond donors (Lipinski definition) is 2. The van der Waals surface area contributed by atoms with E-state index in [9.17, 15) is 43.9 Å². The predicted octanol–water partition coefficient (Wildman–Crippen LogP) is 7.03. The van der Waals surface area contributed by atoms with Gasteiger partial charge in [-0.3, -0.25) is 0 Å². The molecule has 0 fully saturated rings. The van der Waals surface area contributed by atoms with Gasteiger partial charge in [-0.2, -0.15) is 26.3 Å². The Morgan fingerprint density at radius 3 is 1.44 bits per heavy atom. The molecule has 0 aliphatic carbocycles. The maximum Gasteiger partial charge on any atom is 0.420 e. The van der Waals surface area contributed by atoms with E-state index in [-0.39, 0.29) is 24.3 Å². The number of nitrogen functional groups attached to an aromatic ring is 2. The van der Waals surface area contributed by atoms with E-state index in [0.717, 1.165) is 0 Å². The van der Waals surface area contributed by atoms with Crippen LogP contribution in [0.2, 0.25) is 0 Å². The molecular weight excluding hydrogens is 490 g/mol. The minimum absolute atomic E-state index is 0.121. The van der Waals surface area contributed by atoms with Crippen LogP contribution in [0.5, 0.6) is 23.0 Å². The van der Waals surface area contributed by atoms with Gasteiger partial charge in [0.25, 0.3) is 0 Å². The van der Waals surface area contributed by atoms with E-state index in [4.69, 9.17) is 16.2 Å². The van der Waals surface area contributed by atoms with Crippen molar-refractivity contribution in [1.29, 1.82) is 0 Å². The Balaban J connectivity index is 2.24. The highest BCUT2D eigenvalue weighted by Crippen LogP contribution is 2.49. The number of benzene rings is 3. The molecule has 4 nitrogen and oxygen atoms in total. The molecule has 0 amide bonds. The quantitative estimate of drug-likeness (QED) is 0.298. The molecule has 0 aliphatic heterocycles. The summed E-state index contributed by atoms with van der Waals surface area (Å²) >= 11 is 0. The van der Waals surface area contributed by atoms with Crippen molar-refractivity contribution < 1.29 is 53.4 Å². The molecule has 34 heavy (non-hydrogen) atoms. The second-order valence-corrected chi connectivity index (χ2v) is 6.65. The first-order valence-electron chi connectivity index (χ1n) is 8.75. The van der Waals surface area contributed by atoms with Crippen LogP contribution in [0.15, 0.2) is 36.4 Å². The lowest BCUT2D eigenvalue weighted by Gasteiger charge is -2.21. The van der Waals surface area contributed by atoms with E-state index in [1.807, 2.05) is 0 Å². The SMILES string of the molecule is Nc1cc(Oc2cc(Oc3cc(N)c(F)cc3F)c(C(F)(F)F)c(C(F)(F)F)c2)c(F)cc1F. The van der Waals surface area contributed by atoms with Gasteiger partial charge in [0, 0.05) is 30.3 Å². The molecule has 0 unspecified atom stereocenters. The molecule has 4 N–H and O–H groups in total. The third kappa shape index (κ3) is 5.05. The number of rotatable bonds is 4. The summed E-state index contributed by atoms with van der Waals surface area (Å²) < 4.78 is 145. The predicted molar refractivity (Wildman–Crippen MR) is 98.1 cm³/mol. The first-order valence-corrected chi connectivity index (χ1v) is 8.75. The Hall–Kier alpha value is -3.84. The van der Waals surface area contributed by atoms with Crippen LogP contribution in [0.3, 0.4) is 0 Å². The lowest BCUT2D eigenvalue weighted by atomic mass is 10.0. The molecule has 0 heterocycles. The average Bonchev–Trinajstić information content (AvgIpc) is 2.68. The van der Waals surface area contributed by atoms with E-state index < -0.39 is 81.1 Å². The Kier molecular flexibility index (Phi) is 6.20. The number of alkyl halides is 6. The summed E-state index contributed by atoms with van der Waals surface area (Å²) in [6, 6.07) is 1.44. The van der Waals surface area contributed by atoms with Gasteiger partial charge in [0.1, 0.15) is 28.7 Å². The zero-order valence-electron chi connectivity index (χ0n) is 16.2. The summed E-state index contributed by atoms with van der Waals surface area (Å²) in [7, 11) is 0. The van der Waals surface area contributed by atoms with Gasteiger partial charge < -0.3 is 20.9 Å². The standard InChI is InChI=1S/C20H10F10N2O2/c21-9-3-11(23)15(5-13(9)31)33-7-1-8(19(25,26)27)18(20(28,29)30)17(2-7)34-16-6-14(32)10(22)4-12(16)24/h1-6H,31-32H2. The maximum atomic E-state index is 14.0. The fraction of sp³-hybridized carbons (Fsp3) is 0.100. The minimum Gasteiger partial charge on any atom is -0.454 e. The maximum absolute atomic E-state index is 14.0. The van der Waals surface area contributed by atoms with Gasteiger partial charge in [0.15, 0.2) is 23.1 Å². The second kappa shape index (κ2) is 8.50. The molecule has 0 aliphatic rings. The van der Waals surface area contributed by atoms with Crippen LogP contribution in [-0.4, -0.2) is 0 Å². The topological polar surface area (TPSA) is 70.5 Å². The normalized spacial score (nSPS) is 12.1. The third-order valence-electron chi connectivity index (χ3n) is 4.21. The van der Waals surface area contributed by atoms with E-state index in [1.165, 1.54) is 0 Å². The summed E-state index contributed by atoms with van der Waals surface area (Å²) in [6.07, 6.45) is -11.3. The van der Waals surface area contributed by atoms with Crippen molar-refractivity contribution in [3.63, 3.8) is 0 Å². The largest absolute Gasteiger partial charge is 0.454 e. The summed E-state index contributed by atoms with van der Waals surface area (Å²) in [5.74, 6) is -10.3. The van der Waals surface area contributed by atoms with Crippen LogP contribution in [0.1, 0.15) is 11.1 Å². The van der Waals surface area contributed by atoms with Gasteiger partial charge in [-0.25, -0.2) is 17.6 Å². The number of halogens is 10. The minimum atomic E-state index is -5.69. The fourth-order valence-corrected chi connectivity index (χ4v) is 2.74. The van der Waals surface area contributed by atoms with Gasteiger partial charge in [-0.05, 0) is 6.07 Å². The molecule has 0 radical (unpaired) electrons. The molecule has 0 atom stereocenters. The van der Waals surface area contributed by atoms with Crippen LogP contribution >= 0.6 is 0 Å². The highest BCUT2D eigenvalue weighted by atomic mass is 19.4. The zero-order chi connectivity index (χ0) is 25.6. The lowest BCUT2D eigenvalue weighted by molar-refractivity contribution is -0.162. The van der Waals surface area contributed by atoms with Crippen molar-refractivity contribution in [2.75, 3.05) is 11.5 Å². The highest BCUT2D eigenvalue weighted by molar-refractivity contribution is 5.55. The van der Waals surface area contributed by atoms with Crippen LogP contribution in [-0.2, 0) is 12.4 Å². The first-order chi connectivity index (χ1) is 15.6. The molecule has 0 bridgehead atoms. The molecule has 3 rings (SSSR count). The fourth-order valence-electron chi connectivity index (χ4n) is 2.74. The van der Waals surface area contributed by atoms with E-state index in [1.54, 1.807) is 0 Å². The van der Waals surface area contributed by atoms with Crippen molar-refractivity contribution >= 4 is 11.4 Å². The summed E-state index contributed by atoms with van der Waals surface area (Å²) in [5.41, 5.74) is 4.27. The Bertz CT molecular complexity index is 1260. The summed E-state index contributed by atoms with van der Waals surface area (Å²) in [5, 5.41) is 0. The average molecular weight is 500 g/mol. The van der Waals surface area contributed by atoms with E-state index >= 15 is 0 Å². The smallest absolute Gasteiger partial charge is 0.420 e. The molecule has 0 aromatic heterocycles. The molecule has 0 spiro atoms. The van der Waals surface area contributed by atoms with Crippen LogP contribution < -0.4 is 20.9 Å². The number of ether oxygens (including phenoxy) is 2. The third-order valence-corrected chi connectivity index (χ3v) is 4.21. The molecule has 0 saturated heterocycles. The summed E-state index contributed by atoms with van der Waals surface area (Å²) in [6.45, 7) is 0. The van der Waals surface area contributed by atoms with Crippen molar-refractivity contribution in [3.05, 3.63) is 70.8 Å². The van der Waals surface area contributed by atoms with Crippen molar-refractivity contribution in [2.45, 2.75) is 12.4 Å². The van der Waals surface area contributed by atoms with Crippen molar-refractivity contribution in [1.82, 2.24) is 0 Å². The van der Waals surface area contributed by atoms with Gasteiger partial charge in [-0.1, -0.05) is 0 Å². The second-order valence-electron chi connectivity index (χ2n) is 6.65. The van der Waals surface area contributed by atoms with Crippen LogP contribution in [0.25, 0.3) is 0 Å². The Labute approximate surface area is 183 Å². The molecule has 182 valence electrons. The lowest BCUT2D eigenvalue weighted by Crippen LogP contribution is -2.18. The first kappa shape index (κ1) is 24.8. The number of hydrogen-bond acceptors (Lipinski definition) is 4. The number of nitrogens with two attached hydrogens (primary N) is 2. The Morgan fingerprint density at radius 1 is 0.529 bits per heavy atom. The van der Waals surface area contributed by atoms with Gasteiger partial charge in [0.2, 0.25) is 0 Å². The Morgan fingerprint density at radius 2 is 1.00 bits per heavy atom. The molecule has 0 saturated carbocycles. The number of anilines is 2. The van der Waals surface area contributed by atoms with Crippen molar-refractivity contribution in [2.24, 2.45) is 0 Å². The highest BCUT2D eigenvalue weighted by Gasteiger charge is 2.46. The van der Waals surface area contributed by atoms with Gasteiger partial charge >= 0.3 is 12.4 Å². The van der Waals surface area contributed by atoms with Gasteiger partial charge in [0.05, 0.1) is 16.9 Å². The molecule has 3 aromatic rings. The van der Waals surface area contributed by atoms with E-state index in [2.05, 4.69) is 4.74 Å². The van der Waals surface area contributed by atoms with Crippen molar-refractivity contribution in [3.8, 4) is 23.0 Å². The molecule has 14 heteroatoms. The molecule has 3 aromatic carbocycles.